The normalized spacial score (nSPS) is 11.5. The molecule has 1 rings (SSSR count). The molecule has 0 aliphatic rings. The first-order valence-corrected chi connectivity index (χ1v) is 9.03. The molecule has 0 saturated heterocycles. The number of hydrogen-bond acceptors (Lipinski definition) is 7. The van der Waals surface area contributed by atoms with E-state index in [1.54, 1.807) is 0 Å². The monoisotopic (exact) mass is 391 g/mol. The second-order valence-corrected chi connectivity index (χ2v) is 7.02. The van der Waals surface area contributed by atoms with Crippen LogP contribution in [0.15, 0.2) is 29.2 Å². The third-order valence-electron chi connectivity index (χ3n) is 3.20. The largest absolute Gasteiger partial charge is 0.465 e. The predicted molar refractivity (Wildman–Crippen MR) is 90.6 cm³/mol. The number of nitrogens with one attached hydrogen (secondary N) is 1. The number of sulfonamides is 1. The van der Waals surface area contributed by atoms with Gasteiger partial charge in [0.2, 0.25) is 10.0 Å². The van der Waals surface area contributed by atoms with Gasteiger partial charge in [0.15, 0.2) is 4.90 Å². The fourth-order valence-electron chi connectivity index (χ4n) is 1.86. The summed E-state index contributed by atoms with van der Waals surface area (Å²) in [7, 11) is -2.70. The van der Waals surface area contributed by atoms with Crippen LogP contribution in [0.4, 0.5) is 10.5 Å². The summed E-state index contributed by atoms with van der Waals surface area (Å²) in [6.45, 7) is 0.865. The van der Waals surface area contributed by atoms with E-state index in [1.807, 2.05) is 0 Å². The lowest BCUT2D eigenvalue weighted by atomic mass is 10.3. The van der Waals surface area contributed by atoms with E-state index >= 15 is 0 Å². The van der Waals surface area contributed by atoms with E-state index in [9.17, 15) is 23.3 Å². The summed E-state index contributed by atoms with van der Waals surface area (Å²) in [5, 5.41) is 21.5. The van der Waals surface area contributed by atoms with Crippen molar-refractivity contribution in [1.29, 1.82) is 0 Å². The molecule has 11 nitrogen and oxygen atoms in total. The van der Waals surface area contributed by atoms with Gasteiger partial charge in [0.25, 0.3) is 5.69 Å². The van der Waals surface area contributed by atoms with E-state index in [1.165, 1.54) is 25.2 Å². The van der Waals surface area contributed by atoms with E-state index in [0.29, 0.717) is 0 Å². The molecule has 0 aromatic heterocycles. The molecule has 0 spiro atoms. The molecule has 0 fully saturated rings. The van der Waals surface area contributed by atoms with Gasteiger partial charge in [-0.25, -0.2) is 13.2 Å². The van der Waals surface area contributed by atoms with Crippen molar-refractivity contribution in [3.8, 4) is 0 Å². The fourth-order valence-corrected chi connectivity index (χ4v) is 3.17. The number of carboxylic acid groups (broad SMARTS) is 1. The minimum Gasteiger partial charge on any atom is -0.465 e. The van der Waals surface area contributed by atoms with Crippen LogP contribution in [0.3, 0.4) is 0 Å². The van der Waals surface area contributed by atoms with Crippen LogP contribution in [0.5, 0.6) is 0 Å². The van der Waals surface area contributed by atoms with Crippen molar-refractivity contribution in [1.82, 2.24) is 9.62 Å². The molecule has 0 aliphatic heterocycles. The van der Waals surface area contributed by atoms with E-state index in [2.05, 4.69) is 5.32 Å². The van der Waals surface area contributed by atoms with Crippen LogP contribution >= 0.6 is 0 Å². The average Bonchev–Trinajstić information content (AvgIpc) is 2.59. The Morgan fingerprint density at radius 1 is 1.23 bits per heavy atom. The second-order valence-electron chi connectivity index (χ2n) is 5.01. The number of para-hydroxylation sites is 1. The number of nitro benzene ring substituents is 1. The molecule has 1 amide bonds. The summed E-state index contributed by atoms with van der Waals surface area (Å²) >= 11 is 0. The van der Waals surface area contributed by atoms with E-state index in [4.69, 9.17) is 14.6 Å². The zero-order chi connectivity index (χ0) is 19.6. The maximum Gasteiger partial charge on any atom is 0.404 e. The van der Waals surface area contributed by atoms with Gasteiger partial charge in [-0.3, -0.25) is 10.1 Å². The van der Waals surface area contributed by atoms with Crippen molar-refractivity contribution in [3.05, 3.63) is 34.4 Å². The highest BCUT2D eigenvalue weighted by Crippen LogP contribution is 2.25. The summed E-state index contributed by atoms with van der Waals surface area (Å²) in [5.74, 6) is 0. The minimum absolute atomic E-state index is 0.00888. The first kappa shape index (κ1) is 21.8. The highest BCUT2D eigenvalue weighted by atomic mass is 32.2. The number of benzene rings is 1. The first-order valence-electron chi connectivity index (χ1n) is 7.59. The number of amides is 1. The first-order chi connectivity index (χ1) is 12.3. The van der Waals surface area contributed by atoms with Gasteiger partial charge in [0.05, 0.1) is 31.4 Å². The van der Waals surface area contributed by atoms with E-state index in [0.717, 1.165) is 10.4 Å². The Balaban J connectivity index is 2.38. The Hall–Kier alpha value is -2.28. The molecule has 0 saturated carbocycles. The van der Waals surface area contributed by atoms with Crippen LogP contribution in [-0.4, -0.2) is 75.4 Å². The average molecular weight is 391 g/mol. The summed E-state index contributed by atoms with van der Waals surface area (Å²) < 4.78 is 36.2. The van der Waals surface area contributed by atoms with Gasteiger partial charge in [0.1, 0.15) is 0 Å². The number of ether oxygens (including phenoxy) is 2. The number of nitro groups is 1. The molecule has 1 aromatic carbocycles. The third-order valence-corrected chi connectivity index (χ3v) is 5.10. The van der Waals surface area contributed by atoms with Crippen molar-refractivity contribution in [2.75, 3.05) is 46.6 Å². The molecular formula is C14H21N3O8S. The number of nitrogens with zero attached hydrogens (tertiary/aromatic N) is 2. The SMILES string of the molecule is CN(CCOCCOCCNC(=O)O)S(=O)(=O)c1ccccc1[N+](=O)[O-]. The molecule has 2 N–H and O–H groups in total. The Kier molecular flexibility index (Phi) is 8.92. The summed E-state index contributed by atoms with van der Waals surface area (Å²) in [5.41, 5.74) is -0.483. The summed E-state index contributed by atoms with van der Waals surface area (Å²) in [4.78, 5) is 20.1. The van der Waals surface area contributed by atoms with Gasteiger partial charge in [-0.1, -0.05) is 12.1 Å². The molecule has 0 heterocycles. The van der Waals surface area contributed by atoms with Gasteiger partial charge in [0, 0.05) is 26.2 Å². The van der Waals surface area contributed by atoms with Crippen LogP contribution in [0.2, 0.25) is 0 Å². The van der Waals surface area contributed by atoms with Crippen molar-refractivity contribution in [3.63, 3.8) is 0 Å². The van der Waals surface area contributed by atoms with Crippen LogP contribution < -0.4 is 5.32 Å². The fraction of sp³-hybridized carbons (Fsp3) is 0.500. The molecular weight excluding hydrogens is 370 g/mol. The molecule has 12 heteroatoms. The molecule has 0 bridgehead atoms. The Morgan fingerprint density at radius 3 is 2.46 bits per heavy atom. The Morgan fingerprint density at radius 2 is 1.85 bits per heavy atom. The number of hydrogen-bond donors (Lipinski definition) is 2. The smallest absolute Gasteiger partial charge is 0.404 e. The molecule has 0 aliphatic carbocycles. The zero-order valence-electron chi connectivity index (χ0n) is 14.2. The number of likely N-dealkylation sites (N-methyl/N-ethyl adjacent to an activating group) is 1. The van der Waals surface area contributed by atoms with E-state index < -0.39 is 26.7 Å². The lowest BCUT2D eigenvalue weighted by Gasteiger charge is -2.17. The van der Waals surface area contributed by atoms with Crippen molar-refractivity contribution in [2.24, 2.45) is 0 Å². The molecule has 0 unspecified atom stereocenters. The lowest BCUT2D eigenvalue weighted by molar-refractivity contribution is -0.387. The quantitative estimate of drug-likeness (QED) is 0.297. The van der Waals surface area contributed by atoms with Gasteiger partial charge < -0.3 is 19.9 Å². The van der Waals surface area contributed by atoms with Crippen molar-refractivity contribution < 1.29 is 32.7 Å². The molecule has 0 atom stereocenters. The van der Waals surface area contributed by atoms with E-state index in [-0.39, 0.29) is 44.4 Å². The summed E-state index contributed by atoms with van der Waals surface area (Å²) in [6.07, 6.45) is -1.13. The van der Waals surface area contributed by atoms with Gasteiger partial charge in [-0.05, 0) is 6.07 Å². The lowest BCUT2D eigenvalue weighted by Crippen LogP contribution is -2.31. The highest BCUT2D eigenvalue weighted by molar-refractivity contribution is 7.89. The van der Waals surface area contributed by atoms with Crippen LogP contribution in [0.1, 0.15) is 0 Å². The Labute approximate surface area is 150 Å². The zero-order valence-corrected chi connectivity index (χ0v) is 15.0. The van der Waals surface area contributed by atoms with Crippen LogP contribution in [0.25, 0.3) is 0 Å². The van der Waals surface area contributed by atoms with Crippen LogP contribution in [0, 0.1) is 10.1 Å². The van der Waals surface area contributed by atoms with Gasteiger partial charge >= 0.3 is 6.09 Å². The maximum absolute atomic E-state index is 12.4. The molecule has 1 aromatic rings. The maximum atomic E-state index is 12.4. The summed E-state index contributed by atoms with van der Waals surface area (Å²) in [6, 6.07) is 5.13. The predicted octanol–water partition coefficient (Wildman–Crippen LogP) is 0.516. The topological polar surface area (TPSA) is 148 Å². The molecule has 26 heavy (non-hydrogen) atoms. The second kappa shape index (κ2) is 10.7. The van der Waals surface area contributed by atoms with Gasteiger partial charge in [-0.2, -0.15) is 4.31 Å². The minimum atomic E-state index is -4.01. The standard InChI is InChI=1S/C14H21N3O8S/c1-16(7-9-25-11-10-24-8-6-15-14(18)19)26(22,23)13-5-3-2-4-12(13)17(20)21/h2-5,15H,6-11H2,1H3,(H,18,19). The van der Waals surface area contributed by atoms with Gasteiger partial charge in [-0.15, -0.1) is 0 Å². The molecule has 0 radical (unpaired) electrons. The highest BCUT2D eigenvalue weighted by Gasteiger charge is 2.28. The van der Waals surface area contributed by atoms with Crippen LogP contribution in [-0.2, 0) is 19.5 Å². The number of carbonyl (C=O) groups is 1. The number of rotatable bonds is 12. The third kappa shape index (κ3) is 6.92. The molecule has 146 valence electrons. The van der Waals surface area contributed by atoms with Crippen molar-refractivity contribution in [2.45, 2.75) is 4.90 Å². The van der Waals surface area contributed by atoms with Crippen molar-refractivity contribution >= 4 is 21.8 Å². The Bertz CT molecular complexity index is 710.